The highest BCUT2D eigenvalue weighted by Crippen LogP contribution is 2.25. The van der Waals surface area contributed by atoms with Gasteiger partial charge in [-0.05, 0) is 25.0 Å². The lowest BCUT2D eigenvalue weighted by atomic mass is 10.2. The number of carbonyl (C=O) groups excluding carboxylic acids is 1. The van der Waals surface area contributed by atoms with E-state index in [0.29, 0.717) is 30.3 Å². The van der Waals surface area contributed by atoms with E-state index in [1.165, 1.54) is 0 Å². The zero-order chi connectivity index (χ0) is 12.7. The third-order valence-electron chi connectivity index (χ3n) is 2.15. The molecule has 0 radical (unpaired) electrons. The molecule has 0 heterocycles. The minimum absolute atomic E-state index is 0.391. The second-order valence-electron chi connectivity index (χ2n) is 3.72. The van der Waals surface area contributed by atoms with E-state index in [9.17, 15) is 4.79 Å². The van der Waals surface area contributed by atoms with Gasteiger partial charge in [-0.3, -0.25) is 4.79 Å². The molecule has 0 bridgehead atoms. The van der Waals surface area contributed by atoms with E-state index in [0.717, 1.165) is 12.8 Å². The smallest absolute Gasteiger partial charge is 0.252 e. The Hall–Kier alpha value is -1.71. The highest BCUT2D eigenvalue weighted by molar-refractivity contribution is 5.95. The van der Waals surface area contributed by atoms with Crippen molar-refractivity contribution in [2.45, 2.75) is 26.7 Å². The Morgan fingerprint density at radius 3 is 2.41 bits per heavy atom. The molecule has 1 amide bonds. The second-order valence-corrected chi connectivity index (χ2v) is 3.72. The molecule has 0 aliphatic rings. The highest BCUT2D eigenvalue weighted by Gasteiger charge is 2.10. The molecule has 0 atom stereocenters. The lowest BCUT2D eigenvalue weighted by molar-refractivity contribution is 0.0996. The fraction of sp³-hybridized carbons (Fsp3) is 0.462. The van der Waals surface area contributed by atoms with E-state index in [1.807, 2.05) is 13.8 Å². The van der Waals surface area contributed by atoms with Crippen LogP contribution in [-0.2, 0) is 0 Å². The summed E-state index contributed by atoms with van der Waals surface area (Å²) in [5, 5.41) is 0. The van der Waals surface area contributed by atoms with Crippen molar-refractivity contribution < 1.29 is 14.3 Å². The summed E-state index contributed by atoms with van der Waals surface area (Å²) in [4.78, 5) is 11.2. The van der Waals surface area contributed by atoms with E-state index in [1.54, 1.807) is 18.2 Å². The monoisotopic (exact) mass is 237 g/mol. The molecule has 0 aromatic heterocycles. The largest absolute Gasteiger partial charge is 0.493 e. The molecular formula is C13H19NO3. The molecule has 4 nitrogen and oxygen atoms in total. The first-order valence-corrected chi connectivity index (χ1v) is 5.88. The fourth-order valence-corrected chi connectivity index (χ4v) is 1.35. The summed E-state index contributed by atoms with van der Waals surface area (Å²) in [5.74, 6) is 0.703. The van der Waals surface area contributed by atoms with Gasteiger partial charge in [0.1, 0.15) is 11.5 Å². The van der Waals surface area contributed by atoms with Crippen LogP contribution >= 0.6 is 0 Å². The molecule has 1 rings (SSSR count). The van der Waals surface area contributed by atoms with E-state index in [-0.39, 0.29) is 0 Å². The van der Waals surface area contributed by atoms with Crippen LogP contribution in [0.1, 0.15) is 37.0 Å². The maximum Gasteiger partial charge on any atom is 0.252 e. The first-order chi connectivity index (χ1) is 8.19. The Bertz CT molecular complexity index is 377. The summed E-state index contributed by atoms with van der Waals surface area (Å²) in [6, 6.07) is 5.08. The van der Waals surface area contributed by atoms with Gasteiger partial charge < -0.3 is 15.2 Å². The second kappa shape index (κ2) is 6.78. The van der Waals surface area contributed by atoms with E-state index in [4.69, 9.17) is 15.2 Å². The van der Waals surface area contributed by atoms with Gasteiger partial charge in [-0.1, -0.05) is 13.8 Å². The Morgan fingerprint density at radius 2 is 1.82 bits per heavy atom. The molecule has 0 saturated heterocycles. The maximum atomic E-state index is 11.2. The van der Waals surface area contributed by atoms with Crippen LogP contribution in [0.3, 0.4) is 0 Å². The first kappa shape index (κ1) is 13.4. The van der Waals surface area contributed by atoms with Crippen LogP contribution in [0.2, 0.25) is 0 Å². The van der Waals surface area contributed by atoms with E-state index < -0.39 is 5.91 Å². The van der Waals surface area contributed by atoms with Crippen LogP contribution in [0.5, 0.6) is 11.5 Å². The number of benzene rings is 1. The van der Waals surface area contributed by atoms with Gasteiger partial charge in [0, 0.05) is 6.07 Å². The number of hydrogen-bond donors (Lipinski definition) is 1. The van der Waals surface area contributed by atoms with Gasteiger partial charge >= 0.3 is 0 Å². The fourth-order valence-electron chi connectivity index (χ4n) is 1.35. The summed E-state index contributed by atoms with van der Waals surface area (Å²) in [6.45, 7) is 5.23. The van der Waals surface area contributed by atoms with Gasteiger partial charge in [-0.2, -0.15) is 0 Å². The van der Waals surface area contributed by atoms with Crippen LogP contribution in [0.4, 0.5) is 0 Å². The van der Waals surface area contributed by atoms with Crippen molar-refractivity contribution in [2.75, 3.05) is 13.2 Å². The molecule has 1 aromatic rings. The molecule has 0 spiro atoms. The van der Waals surface area contributed by atoms with Crippen molar-refractivity contribution in [1.29, 1.82) is 0 Å². The van der Waals surface area contributed by atoms with Gasteiger partial charge in [-0.15, -0.1) is 0 Å². The first-order valence-electron chi connectivity index (χ1n) is 5.88. The summed E-state index contributed by atoms with van der Waals surface area (Å²) in [5.41, 5.74) is 5.67. The molecule has 0 saturated carbocycles. The Balaban J connectivity index is 2.88. The van der Waals surface area contributed by atoms with Crippen LogP contribution in [0.25, 0.3) is 0 Å². The van der Waals surface area contributed by atoms with Crippen molar-refractivity contribution in [2.24, 2.45) is 5.73 Å². The molecule has 0 unspecified atom stereocenters. The normalized spacial score (nSPS) is 10.0. The Kier molecular flexibility index (Phi) is 5.33. The van der Waals surface area contributed by atoms with Crippen molar-refractivity contribution in [3.05, 3.63) is 23.8 Å². The number of primary amides is 1. The SMILES string of the molecule is CCCOc1ccc(C(N)=O)c(OCCC)c1. The molecule has 4 heteroatoms. The Morgan fingerprint density at radius 1 is 1.18 bits per heavy atom. The van der Waals surface area contributed by atoms with Crippen LogP contribution in [0.15, 0.2) is 18.2 Å². The zero-order valence-corrected chi connectivity index (χ0v) is 10.4. The molecule has 0 fully saturated rings. The number of carbonyl (C=O) groups is 1. The predicted octanol–water partition coefficient (Wildman–Crippen LogP) is 2.36. The topological polar surface area (TPSA) is 61.5 Å². The molecule has 1 aromatic carbocycles. The maximum absolute atomic E-state index is 11.2. The molecule has 0 aliphatic carbocycles. The van der Waals surface area contributed by atoms with E-state index in [2.05, 4.69) is 0 Å². The quantitative estimate of drug-likeness (QED) is 0.791. The molecule has 94 valence electrons. The zero-order valence-electron chi connectivity index (χ0n) is 10.4. The minimum atomic E-state index is -0.488. The van der Waals surface area contributed by atoms with Crippen molar-refractivity contribution >= 4 is 5.91 Å². The van der Waals surface area contributed by atoms with E-state index >= 15 is 0 Å². The molecule has 2 N–H and O–H groups in total. The van der Waals surface area contributed by atoms with Gasteiger partial charge in [-0.25, -0.2) is 0 Å². The van der Waals surface area contributed by atoms with Crippen molar-refractivity contribution in [3.63, 3.8) is 0 Å². The number of ether oxygens (including phenoxy) is 2. The van der Waals surface area contributed by atoms with Gasteiger partial charge in [0.25, 0.3) is 5.91 Å². The summed E-state index contributed by atoms with van der Waals surface area (Å²) < 4.78 is 11.0. The number of hydrogen-bond acceptors (Lipinski definition) is 3. The molecular weight excluding hydrogens is 218 g/mol. The van der Waals surface area contributed by atoms with Crippen LogP contribution < -0.4 is 15.2 Å². The van der Waals surface area contributed by atoms with Gasteiger partial charge in [0.05, 0.1) is 18.8 Å². The summed E-state index contributed by atoms with van der Waals surface area (Å²) in [7, 11) is 0. The van der Waals surface area contributed by atoms with Gasteiger partial charge in [0.2, 0.25) is 0 Å². The van der Waals surface area contributed by atoms with Crippen molar-refractivity contribution in [3.8, 4) is 11.5 Å². The Labute approximate surface area is 102 Å². The average molecular weight is 237 g/mol. The average Bonchev–Trinajstić information content (AvgIpc) is 2.33. The molecule has 17 heavy (non-hydrogen) atoms. The summed E-state index contributed by atoms with van der Waals surface area (Å²) >= 11 is 0. The van der Waals surface area contributed by atoms with Crippen LogP contribution in [-0.4, -0.2) is 19.1 Å². The number of rotatable bonds is 7. The third-order valence-corrected chi connectivity index (χ3v) is 2.15. The predicted molar refractivity (Wildman–Crippen MR) is 66.5 cm³/mol. The van der Waals surface area contributed by atoms with Crippen LogP contribution in [0, 0.1) is 0 Å². The highest BCUT2D eigenvalue weighted by atomic mass is 16.5. The number of amides is 1. The summed E-state index contributed by atoms with van der Waals surface area (Å²) in [6.07, 6.45) is 1.81. The standard InChI is InChI=1S/C13H19NO3/c1-3-7-16-10-5-6-11(13(14)15)12(9-10)17-8-4-2/h5-6,9H,3-4,7-8H2,1-2H3,(H2,14,15). The third kappa shape index (κ3) is 3.98. The lowest BCUT2D eigenvalue weighted by Gasteiger charge is -2.11. The molecule has 0 aliphatic heterocycles. The van der Waals surface area contributed by atoms with Gasteiger partial charge in [0.15, 0.2) is 0 Å². The number of nitrogens with two attached hydrogens (primary N) is 1. The minimum Gasteiger partial charge on any atom is -0.493 e. The lowest BCUT2D eigenvalue weighted by Crippen LogP contribution is -2.13. The van der Waals surface area contributed by atoms with Crippen molar-refractivity contribution in [1.82, 2.24) is 0 Å².